The quantitative estimate of drug-likeness (QED) is 0.582. The second-order valence-electron chi connectivity index (χ2n) is 7.14. The van der Waals surface area contributed by atoms with Crippen molar-refractivity contribution in [1.29, 1.82) is 5.26 Å². The molecule has 4 rings (SSSR count). The summed E-state index contributed by atoms with van der Waals surface area (Å²) in [5.74, 6) is 1.36. The van der Waals surface area contributed by atoms with Crippen LogP contribution in [-0.4, -0.2) is 19.8 Å². The van der Waals surface area contributed by atoms with Crippen LogP contribution >= 0.6 is 0 Å². The maximum absolute atomic E-state index is 13.0. The number of benzene rings is 2. The highest BCUT2D eigenvalue weighted by Crippen LogP contribution is 2.35. The van der Waals surface area contributed by atoms with Crippen molar-refractivity contribution < 1.29 is 17.9 Å². The van der Waals surface area contributed by atoms with E-state index < -0.39 is 9.84 Å². The minimum absolute atomic E-state index is 0.102. The first-order valence-electron chi connectivity index (χ1n) is 9.34. The molecule has 0 aliphatic carbocycles. The Morgan fingerprint density at radius 2 is 1.73 bits per heavy atom. The molecule has 1 aliphatic heterocycles. The first kappa shape index (κ1) is 19.8. The number of fused-ring (bicyclic) bond motifs is 1. The minimum atomic E-state index is -3.90. The van der Waals surface area contributed by atoms with Crippen molar-refractivity contribution in [3.05, 3.63) is 76.0 Å². The Bertz CT molecular complexity index is 1310. The number of hydrogen-bond acceptors (Lipinski definition) is 5. The third kappa shape index (κ3) is 3.36. The molecular weight excluding hydrogens is 400 g/mol. The van der Waals surface area contributed by atoms with Crippen LogP contribution in [0.4, 0.5) is 0 Å². The third-order valence-corrected chi connectivity index (χ3v) is 6.78. The second kappa shape index (κ2) is 7.39. The van der Waals surface area contributed by atoms with E-state index in [4.69, 9.17) is 9.47 Å². The summed E-state index contributed by atoms with van der Waals surface area (Å²) >= 11 is 0. The first-order chi connectivity index (χ1) is 14.3. The van der Waals surface area contributed by atoms with Gasteiger partial charge in [0.1, 0.15) is 11.0 Å². The van der Waals surface area contributed by atoms with Crippen molar-refractivity contribution in [3.63, 3.8) is 0 Å². The number of aromatic nitrogens is 1. The summed E-state index contributed by atoms with van der Waals surface area (Å²) in [6.07, 6.45) is 1.43. The number of hydrogen-bond donors (Lipinski definition) is 0. The molecule has 2 heterocycles. The molecule has 0 N–H and O–H groups in total. The van der Waals surface area contributed by atoms with Crippen molar-refractivity contribution in [2.24, 2.45) is 0 Å². The van der Waals surface area contributed by atoms with Gasteiger partial charge in [0.05, 0.1) is 4.90 Å². The lowest BCUT2D eigenvalue weighted by Crippen LogP contribution is -2.04. The molecule has 6 nitrogen and oxygen atoms in total. The first-order valence-corrected chi connectivity index (χ1v) is 10.8. The normalized spacial score (nSPS) is 13.3. The lowest BCUT2D eigenvalue weighted by Gasteiger charge is -2.10. The van der Waals surface area contributed by atoms with Gasteiger partial charge in [0, 0.05) is 23.1 Å². The third-order valence-electron chi connectivity index (χ3n) is 5.10. The van der Waals surface area contributed by atoms with E-state index >= 15 is 0 Å². The lowest BCUT2D eigenvalue weighted by molar-refractivity contribution is 0.174. The topological polar surface area (TPSA) is 81.3 Å². The molecule has 2 aromatic carbocycles. The summed E-state index contributed by atoms with van der Waals surface area (Å²) in [5, 5.41) is 9.59. The molecule has 0 saturated carbocycles. The van der Waals surface area contributed by atoms with Crippen molar-refractivity contribution in [3.8, 4) is 23.3 Å². The Hall–Kier alpha value is -3.50. The van der Waals surface area contributed by atoms with Crippen molar-refractivity contribution >= 4 is 15.9 Å². The van der Waals surface area contributed by atoms with Crippen LogP contribution in [0.25, 0.3) is 11.8 Å². The summed E-state index contributed by atoms with van der Waals surface area (Å²) in [4.78, 5) is -0.192. The van der Waals surface area contributed by atoms with Crippen molar-refractivity contribution in [2.75, 3.05) is 6.79 Å². The van der Waals surface area contributed by atoms with Gasteiger partial charge in [-0.25, -0.2) is 8.42 Å². The molecule has 0 fully saturated rings. The van der Waals surface area contributed by atoms with E-state index in [0.717, 1.165) is 22.6 Å². The number of aryl methyl sites for hydroxylation is 2. The van der Waals surface area contributed by atoms with Crippen LogP contribution in [-0.2, 0) is 9.84 Å². The Balaban J connectivity index is 1.78. The predicted octanol–water partition coefficient (Wildman–Crippen LogP) is 4.47. The van der Waals surface area contributed by atoms with Gasteiger partial charge in [-0.05, 0) is 62.7 Å². The van der Waals surface area contributed by atoms with Crippen LogP contribution in [0.3, 0.4) is 0 Å². The molecule has 30 heavy (non-hydrogen) atoms. The fourth-order valence-electron chi connectivity index (χ4n) is 3.51. The van der Waals surface area contributed by atoms with E-state index in [0.29, 0.717) is 17.1 Å². The Morgan fingerprint density at radius 3 is 2.43 bits per heavy atom. The number of sulfone groups is 1. The predicted molar refractivity (Wildman–Crippen MR) is 113 cm³/mol. The van der Waals surface area contributed by atoms with Crippen LogP contribution in [0.1, 0.15) is 22.5 Å². The molecule has 0 bridgehead atoms. The number of allylic oxidation sites excluding steroid dienone is 1. The largest absolute Gasteiger partial charge is 0.454 e. The van der Waals surface area contributed by atoms with Gasteiger partial charge >= 0.3 is 0 Å². The molecule has 3 aromatic rings. The monoisotopic (exact) mass is 420 g/mol. The van der Waals surface area contributed by atoms with Gasteiger partial charge in [-0.3, -0.25) is 0 Å². The lowest BCUT2D eigenvalue weighted by atomic mass is 10.2. The van der Waals surface area contributed by atoms with Gasteiger partial charge in [-0.2, -0.15) is 5.26 Å². The number of nitriles is 1. The zero-order valence-electron chi connectivity index (χ0n) is 16.8. The highest BCUT2D eigenvalue weighted by Gasteiger charge is 2.22. The molecule has 0 radical (unpaired) electrons. The fraction of sp³-hybridized carbons (Fsp3) is 0.174. The van der Waals surface area contributed by atoms with E-state index in [1.54, 1.807) is 12.1 Å². The summed E-state index contributed by atoms with van der Waals surface area (Å²) in [6.45, 7) is 5.88. The zero-order valence-corrected chi connectivity index (χ0v) is 17.7. The van der Waals surface area contributed by atoms with Gasteiger partial charge in [-0.1, -0.05) is 17.7 Å². The highest BCUT2D eigenvalue weighted by molar-refractivity contribution is 7.95. The van der Waals surface area contributed by atoms with Crippen LogP contribution in [0.2, 0.25) is 0 Å². The molecule has 1 aromatic heterocycles. The van der Waals surface area contributed by atoms with Crippen LogP contribution in [0.15, 0.2) is 58.3 Å². The Morgan fingerprint density at radius 1 is 1.03 bits per heavy atom. The standard InChI is InChI=1S/C23H20N2O4S/c1-15-4-7-20(8-5-15)30(26,27)21(13-24)11-18-10-16(2)25(17(18)3)19-6-9-22-23(12-19)29-14-28-22/h4-12H,14H2,1-3H3/b21-11-. The smallest absolute Gasteiger partial charge is 0.231 e. The van der Waals surface area contributed by atoms with E-state index in [1.807, 2.05) is 55.7 Å². The van der Waals surface area contributed by atoms with E-state index in [1.165, 1.54) is 18.2 Å². The summed E-state index contributed by atoms with van der Waals surface area (Å²) in [6, 6.07) is 15.8. The molecule has 0 saturated heterocycles. The number of rotatable bonds is 4. The van der Waals surface area contributed by atoms with Gasteiger partial charge in [0.2, 0.25) is 16.6 Å². The molecule has 152 valence electrons. The van der Waals surface area contributed by atoms with Crippen LogP contribution in [0.5, 0.6) is 11.5 Å². The molecule has 0 atom stereocenters. The molecule has 0 amide bonds. The average Bonchev–Trinajstić information content (AvgIpc) is 3.29. The molecule has 0 spiro atoms. The SMILES string of the molecule is Cc1ccc(S(=O)(=O)/C(C#N)=C\c2cc(C)n(-c3ccc4c(c3)OCO4)c2C)cc1. The molecular formula is C23H20N2O4S. The molecule has 7 heteroatoms. The maximum atomic E-state index is 13.0. The van der Waals surface area contributed by atoms with Crippen molar-refractivity contribution in [2.45, 2.75) is 25.7 Å². The van der Waals surface area contributed by atoms with Crippen LogP contribution in [0, 0.1) is 32.1 Å². The van der Waals surface area contributed by atoms with Gasteiger partial charge in [0.25, 0.3) is 0 Å². The summed E-state index contributed by atoms with van der Waals surface area (Å²) in [5.41, 5.74) is 4.20. The second-order valence-corrected chi connectivity index (χ2v) is 9.05. The van der Waals surface area contributed by atoms with Gasteiger partial charge in [-0.15, -0.1) is 0 Å². The van der Waals surface area contributed by atoms with E-state index in [-0.39, 0.29) is 16.6 Å². The van der Waals surface area contributed by atoms with Gasteiger partial charge in [0.15, 0.2) is 11.5 Å². The fourth-order valence-corrected chi connectivity index (χ4v) is 4.66. The summed E-state index contributed by atoms with van der Waals surface area (Å²) in [7, 11) is -3.90. The number of nitrogens with zero attached hydrogens (tertiary/aromatic N) is 2. The van der Waals surface area contributed by atoms with E-state index in [9.17, 15) is 13.7 Å². The average molecular weight is 420 g/mol. The van der Waals surface area contributed by atoms with Crippen LogP contribution < -0.4 is 9.47 Å². The molecule has 1 aliphatic rings. The Kier molecular flexibility index (Phi) is 4.88. The molecule has 0 unspecified atom stereocenters. The zero-order chi connectivity index (χ0) is 21.5. The maximum Gasteiger partial charge on any atom is 0.231 e. The van der Waals surface area contributed by atoms with Crippen molar-refractivity contribution in [1.82, 2.24) is 4.57 Å². The van der Waals surface area contributed by atoms with E-state index in [2.05, 4.69) is 0 Å². The summed E-state index contributed by atoms with van der Waals surface area (Å²) < 4.78 is 38.7. The van der Waals surface area contributed by atoms with Gasteiger partial charge < -0.3 is 14.0 Å². The minimum Gasteiger partial charge on any atom is -0.454 e. The number of ether oxygens (including phenoxy) is 2. The Labute approximate surface area is 175 Å². The highest BCUT2D eigenvalue weighted by atomic mass is 32.2.